The van der Waals surface area contributed by atoms with Crippen molar-refractivity contribution >= 4 is 5.97 Å². The van der Waals surface area contributed by atoms with Crippen molar-refractivity contribution in [1.29, 1.82) is 0 Å². The zero-order chi connectivity index (χ0) is 15.3. The number of carbonyl (C=O) groups excluding carboxylic acids is 1. The number of fused-ring (bicyclic) bond motifs is 2. The molecule has 2 saturated carbocycles. The third-order valence-corrected chi connectivity index (χ3v) is 5.85. The van der Waals surface area contributed by atoms with Crippen LogP contribution in [0.1, 0.15) is 53.4 Å². The fourth-order valence-corrected chi connectivity index (χ4v) is 4.73. The summed E-state index contributed by atoms with van der Waals surface area (Å²) in [7, 11) is 0. The molecule has 3 nitrogen and oxygen atoms in total. The lowest BCUT2D eigenvalue weighted by molar-refractivity contribution is -0.178. The molecule has 0 spiro atoms. The first-order valence-corrected chi connectivity index (χ1v) is 8.26. The second-order valence-electron chi connectivity index (χ2n) is 8.49. The van der Waals surface area contributed by atoms with E-state index in [-0.39, 0.29) is 35.6 Å². The van der Waals surface area contributed by atoms with Crippen LogP contribution in [-0.2, 0) is 14.3 Å². The normalized spacial score (nSPS) is 36.3. The van der Waals surface area contributed by atoms with Crippen LogP contribution in [-0.4, -0.2) is 18.9 Å². The molecule has 3 heteroatoms. The first kappa shape index (κ1) is 15.1. The monoisotopic (exact) mass is 292 g/mol. The fraction of sp³-hybridized carbons (Fsp3) is 0.833. The maximum absolute atomic E-state index is 12.2. The van der Waals surface area contributed by atoms with Crippen LogP contribution >= 0.6 is 0 Å². The highest BCUT2D eigenvalue weighted by Crippen LogP contribution is 2.50. The highest BCUT2D eigenvalue weighted by Gasteiger charge is 2.48. The summed E-state index contributed by atoms with van der Waals surface area (Å²) in [5.74, 6) is 0.997. The summed E-state index contributed by atoms with van der Waals surface area (Å²) < 4.78 is 11.4. The molecule has 21 heavy (non-hydrogen) atoms. The zero-order valence-corrected chi connectivity index (χ0v) is 13.7. The smallest absolute Gasteiger partial charge is 0.311 e. The first-order valence-electron chi connectivity index (χ1n) is 8.26. The quantitative estimate of drug-likeness (QED) is 0.447. The molecule has 118 valence electrons. The van der Waals surface area contributed by atoms with Crippen molar-refractivity contribution < 1.29 is 14.3 Å². The van der Waals surface area contributed by atoms with E-state index in [1.807, 2.05) is 0 Å². The summed E-state index contributed by atoms with van der Waals surface area (Å²) in [5.41, 5.74) is 0.316. The Morgan fingerprint density at radius 3 is 2.29 bits per heavy atom. The van der Waals surface area contributed by atoms with Crippen molar-refractivity contribution in [1.82, 2.24) is 0 Å². The van der Waals surface area contributed by atoms with Gasteiger partial charge in [-0.15, -0.1) is 0 Å². The Balaban J connectivity index is 1.50. The Kier molecular flexibility index (Phi) is 3.67. The van der Waals surface area contributed by atoms with E-state index in [2.05, 4.69) is 39.8 Å². The molecular formula is C18H28O3. The third kappa shape index (κ3) is 2.77. The van der Waals surface area contributed by atoms with Crippen LogP contribution in [0.4, 0.5) is 0 Å². The summed E-state index contributed by atoms with van der Waals surface area (Å²) in [4.78, 5) is 12.2. The van der Waals surface area contributed by atoms with Gasteiger partial charge in [0.2, 0.25) is 0 Å². The number of hydrogen-bond acceptors (Lipinski definition) is 3. The average Bonchev–Trinajstić information content (AvgIpc) is 3.07. The first-order chi connectivity index (χ1) is 9.79. The number of hydrogen-bond donors (Lipinski definition) is 0. The molecule has 3 aliphatic rings. The van der Waals surface area contributed by atoms with Gasteiger partial charge < -0.3 is 9.47 Å². The largest absolute Gasteiger partial charge is 0.438 e. The second-order valence-corrected chi connectivity index (χ2v) is 8.49. The highest BCUT2D eigenvalue weighted by molar-refractivity contribution is 5.74. The van der Waals surface area contributed by atoms with Crippen molar-refractivity contribution in [3.63, 3.8) is 0 Å². The lowest BCUT2D eigenvalue weighted by atomic mass is 9.81. The Labute approximate surface area is 128 Å². The van der Waals surface area contributed by atoms with Gasteiger partial charge in [-0.2, -0.15) is 0 Å². The Bertz CT molecular complexity index is 433. The van der Waals surface area contributed by atoms with Gasteiger partial charge in [0, 0.05) is 0 Å². The maximum atomic E-state index is 12.2. The summed E-state index contributed by atoms with van der Waals surface area (Å²) in [5, 5.41) is 0. The van der Waals surface area contributed by atoms with Gasteiger partial charge in [0.25, 0.3) is 0 Å². The van der Waals surface area contributed by atoms with Crippen LogP contribution in [0.3, 0.4) is 0 Å². The van der Waals surface area contributed by atoms with Gasteiger partial charge in [0.1, 0.15) is 0 Å². The van der Waals surface area contributed by atoms with Crippen molar-refractivity contribution in [3.8, 4) is 0 Å². The van der Waals surface area contributed by atoms with E-state index >= 15 is 0 Å². The standard InChI is InChI=1S/C18H28O3/c1-17(2)7-8-18(3,4)16(17)21-11-20-15(19)14-10-12-5-6-13(14)9-12/h5-6,12-14,16H,7-11H2,1-4H3. The molecule has 0 heterocycles. The van der Waals surface area contributed by atoms with Crippen LogP contribution in [0.2, 0.25) is 0 Å². The predicted molar refractivity (Wildman–Crippen MR) is 81.5 cm³/mol. The molecule has 3 unspecified atom stereocenters. The number of carbonyl (C=O) groups is 1. The van der Waals surface area contributed by atoms with Crippen LogP contribution in [0.25, 0.3) is 0 Å². The fourth-order valence-electron chi connectivity index (χ4n) is 4.73. The van der Waals surface area contributed by atoms with E-state index in [4.69, 9.17) is 9.47 Å². The summed E-state index contributed by atoms with van der Waals surface area (Å²) in [6.45, 7) is 9.09. The lowest BCUT2D eigenvalue weighted by Gasteiger charge is -2.34. The predicted octanol–water partition coefficient (Wildman–Crippen LogP) is 3.93. The van der Waals surface area contributed by atoms with Crippen molar-refractivity contribution in [2.45, 2.75) is 59.5 Å². The molecule has 0 radical (unpaired) electrons. The number of rotatable bonds is 4. The molecular weight excluding hydrogens is 264 g/mol. The maximum Gasteiger partial charge on any atom is 0.311 e. The summed E-state index contributed by atoms with van der Waals surface area (Å²) >= 11 is 0. The molecule has 2 fully saturated rings. The number of ether oxygens (including phenoxy) is 2. The summed E-state index contributed by atoms with van der Waals surface area (Å²) in [6.07, 6.45) is 8.99. The van der Waals surface area contributed by atoms with Gasteiger partial charge in [-0.05, 0) is 48.3 Å². The number of esters is 1. The summed E-state index contributed by atoms with van der Waals surface area (Å²) in [6, 6.07) is 0. The highest BCUT2D eigenvalue weighted by atomic mass is 16.7. The van der Waals surface area contributed by atoms with Gasteiger partial charge in [0.05, 0.1) is 12.0 Å². The van der Waals surface area contributed by atoms with Crippen molar-refractivity contribution in [2.75, 3.05) is 6.79 Å². The molecule has 3 rings (SSSR count). The molecule has 2 bridgehead atoms. The minimum absolute atomic E-state index is 0.0631. The topological polar surface area (TPSA) is 35.5 Å². The van der Waals surface area contributed by atoms with Crippen LogP contribution < -0.4 is 0 Å². The van der Waals surface area contributed by atoms with Gasteiger partial charge in [-0.3, -0.25) is 4.79 Å². The molecule has 0 N–H and O–H groups in total. The Morgan fingerprint density at radius 2 is 1.76 bits per heavy atom. The molecule has 0 aromatic heterocycles. The van der Waals surface area contributed by atoms with Gasteiger partial charge >= 0.3 is 5.97 Å². The average molecular weight is 292 g/mol. The third-order valence-electron chi connectivity index (χ3n) is 5.85. The van der Waals surface area contributed by atoms with Crippen molar-refractivity contribution in [3.05, 3.63) is 12.2 Å². The Morgan fingerprint density at radius 1 is 1.10 bits per heavy atom. The van der Waals surface area contributed by atoms with Gasteiger partial charge in [-0.1, -0.05) is 39.8 Å². The second kappa shape index (κ2) is 5.12. The minimum atomic E-state index is -0.0690. The van der Waals surface area contributed by atoms with E-state index in [1.165, 1.54) is 0 Å². The van der Waals surface area contributed by atoms with E-state index in [0.717, 1.165) is 25.7 Å². The molecule has 0 amide bonds. The van der Waals surface area contributed by atoms with E-state index < -0.39 is 0 Å². The molecule has 3 aliphatic carbocycles. The molecule has 0 aliphatic heterocycles. The van der Waals surface area contributed by atoms with Gasteiger partial charge in [0.15, 0.2) is 6.79 Å². The van der Waals surface area contributed by atoms with Crippen LogP contribution in [0.5, 0.6) is 0 Å². The van der Waals surface area contributed by atoms with E-state index in [1.54, 1.807) is 0 Å². The van der Waals surface area contributed by atoms with Gasteiger partial charge in [-0.25, -0.2) is 0 Å². The van der Waals surface area contributed by atoms with Crippen LogP contribution in [0, 0.1) is 28.6 Å². The minimum Gasteiger partial charge on any atom is -0.438 e. The molecule has 0 aromatic carbocycles. The molecule has 0 saturated heterocycles. The molecule has 3 atom stereocenters. The van der Waals surface area contributed by atoms with E-state index in [9.17, 15) is 4.79 Å². The van der Waals surface area contributed by atoms with E-state index in [0.29, 0.717) is 11.8 Å². The zero-order valence-electron chi connectivity index (χ0n) is 13.7. The SMILES string of the molecule is CC1(C)CCC(C)(C)C1OCOC(=O)C1CC2C=CC1C2. The Hall–Kier alpha value is -0.830. The molecule has 0 aromatic rings. The lowest BCUT2D eigenvalue weighted by Crippen LogP contribution is -2.37. The number of allylic oxidation sites excluding steroid dienone is 2. The van der Waals surface area contributed by atoms with Crippen molar-refractivity contribution in [2.24, 2.45) is 28.6 Å². The van der Waals surface area contributed by atoms with Crippen LogP contribution in [0.15, 0.2) is 12.2 Å².